The summed E-state index contributed by atoms with van der Waals surface area (Å²) < 4.78 is 10.7. The standard InChI is InChI=1S/C21H26N2O4.ClH/c24-20(18-9-5-2-6-10-18)19(15-23-11-13-26-14-12-23)22-21(25)27-16-17-7-3-1-4-8-17;/h1-10,19-20,24H,11-16H2,(H,22,25);1H. The Balaban J connectivity index is 0.00000280. The van der Waals surface area contributed by atoms with Crippen molar-refractivity contribution in [3.8, 4) is 0 Å². The Morgan fingerprint density at radius 1 is 1.07 bits per heavy atom. The molecule has 2 unspecified atom stereocenters. The second-order valence-electron chi connectivity index (χ2n) is 6.58. The Morgan fingerprint density at radius 3 is 2.32 bits per heavy atom. The number of benzene rings is 2. The van der Waals surface area contributed by atoms with Crippen molar-refractivity contribution >= 4 is 18.5 Å². The molecule has 7 heteroatoms. The number of hydrogen-bond donors (Lipinski definition) is 2. The van der Waals surface area contributed by atoms with Crippen LogP contribution in [0.1, 0.15) is 17.2 Å². The van der Waals surface area contributed by atoms with Crippen LogP contribution in [0.25, 0.3) is 0 Å². The molecule has 3 rings (SSSR count). The average molecular weight is 407 g/mol. The van der Waals surface area contributed by atoms with Gasteiger partial charge in [-0.2, -0.15) is 0 Å². The summed E-state index contributed by atoms with van der Waals surface area (Å²) in [6.07, 6.45) is -1.36. The predicted octanol–water partition coefficient (Wildman–Crippen LogP) is 2.77. The molecule has 0 aliphatic carbocycles. The van der Waals surface area contributed by atoms with Gasteiger partial charge in [0.2, 0.25) is 0 Å². The highest BCUT2D eigenvalue weighted by Crippen LogP contribution is 2.18. The Labute approximate surface area is 171 Å². The summed E-state index contributed by atoms with van der Waals surface area (Å²) in [7, 11) is 0. The van der Waals surface area contributed by atoms with E-state index in [1.165, 1.54) is 0 Å². The summed E-state index contributed by atoms with van der Waals surface area (Å²) in [5, 5.41) is 13.7. The number of amides is 1. The number of hydrogen-bond acceptors (Lipinski definition) is 5. The molecule has 1 aliphatic rings. The molecule has 152 valence electrons. The Kier molecular flexibility index (Phi) is 9.23. The number of nitrogens with zero attached hydrogens (tertiary/aromatic N) is 1. The van der Waals surface area contributed by atoms with Crippen LogP contribution in [0.2, 0.25) is 0 Å². The average Bonchev–Trinajstić information content (AvgIpc) is 2.73. The van der Waals surface area contributed by atoms with E-state index in [9.17, 15) is 9.90 Å². The molecule has 1 aliphatic heterocycles. The number of carbonyl (C=O) groups is 1. The summed E-state index contributed by atoms with van der Waals surface area (Å²) in [4.78, 5) is 14.5. The van der Waals surface area contributed by atoms with Gasteiger partial charge in [0.25, 0.3) is 0 Å². The van der Waals surface area contributed by atoms with Gasteiger partial charge in [-0.15, -0.1) is 12.4 Å². The van der Waals surface area contributed by atoms with Crippen LogP contribution < -0.4 is 5.32 Å². The molecule has 1 amide bonds. The van der Waals surface area contributed by atoms with Gasteiger partial charge in [-0.1, -0.05) is 60.7 Å². The van der Waals surface area contributed by atoms with Crippen LogP contribution in [0, 0.1) is 0 Å². The normalized spacial score (nSPS) is 16.5. The monoisotopic (exact) mass is 406 g/mol. The van der Waals surface area contributed by atoms with Gasteiger partial charge < -0.3 is 19.9 Å². The van der Waals surface area contributed by atoms with Crippen LogP contribution in [0.3, 0.4) is 0 Å². The second kappa shape index (κ2) is 11.7. The molecular weight excluding hydrogens is 380 g/mol. The molecule has 6 nitrogen and oxygen atoms in total. The topological polar surface area (TPSA) is 71.0 Å². The van der Waals surface area contributed by atoms with E-state index in [4.69, 9.17) is 9.47 Å². The number of halogens is 1. The number of carbonyl (C=O) groups excluding carboxylic acids is 1. The van der Waals surface area contributed by atoms with Crippen LogP contribution in [0.5, 0.6) is 0 Å². The van der Waals surface area contributed by atoms with E-state index in [1.807, 2.05) is 60.7 Å². The minimum absolute atomic E-state index is 0. The first-order valence-corrected chi connectivity index (χ1v) is 9.23. The van der Waals surface area contributed by atoms with Crippen molar-refractivity contribution in [3.63, 3.8) is 0 Å². The largest absolute Gasteiger partial charge is 0.445 e. The summed E-state index contributed by atoms with van der Waals surface area (Å²) in [6, 6.07) is 18.4. The minimum Gasteiger partial charge on any atom is -0.445 e. The molecule has 28 heavy (non-hydrogen) atoms. The quantitative estimate of drug-likeness (QED) is 0.739. The fourth-order valence-electron chi connectivity index (χ4n) is 3.09. The zero-order valence-corrected chi connectivity index (χ0v) is 16.5. The molecule has 0 radical (unpaired) electrons. The van der Waals surface area contributed by atoms with Crippen molar-refractivity contribution in [2.45, 2.75) is 18.8 Å². The summed E-state index contributed by atoms with van der Waals surface area (Å²) >= 11 is 0. The van der Waals surface area contributed by atoms with Gasteiger partial charge in [0.15, 0.2) is 0 Å². The number of aliphatic hydroxyl groups is 1. The number of nitrogens with one attached hydrogen (secondary N) is 1. The molecule has 0 spiro atoms. The summed E-state index contributed by atoms with van der Waals surface area (Å²) in [5.41, 5.74) is 1.68. The van der Waals surface area contributed by atoms with Crippen LogP contribution in [0.4, 0.5) is 4.79 Å². The first-order valence-electron chi connectivity index (χ1n) is 9.23. The maximum Gasteiger partial charge on any atom is 0.407 e. The molecule has 0 bridgehead atoms. The predicted molar refractivity (Wildman–Crippen MR) is 109 cm³/mol. The van der Waals surface area contributed by atoms with Crippen LogP contribution in [-0.4, -0.2) is 55.0 Å². The summed E-state index contributed by atoms with van der Waals surface area (Å²) in [5.74, 6) is 0. The second-order valence-corrected chi connectivity index (χ2v) is 6.58. The third-order valence-electron chi connectivity index (χ3n) is 4.60. The lowest BCUT2D eigenvalue weighted by molar-refractivity contribution is 0.0194. The van der Waals surface area contributed by atoms with E-state index in [1.54, 1.807) is 0 Å². The van der Waals surface area contributed by atoms with Gasteiger partial charge in [0, 0.05) is 19.6 Å². The first kappa shape index (κ1) is 22.2. The highest BCUT2D eigenvalue weighted by molar-refractivity contribution is 5.85. The molecule has 1 saturated heterocycles. The number of morpholine rings is 1. The zero-order valence-electron chi connectivity index (χ0n) is 15.7. The molecule has 1 fully saturated rings. The van der Waals surface area contributed by atoms with Crippen LogP contribution >= 0.6 is 12.4 Å². The lowest BCUT2D eigenvalue weighted by atomic mass is 10.0. The van der Waals surface area contributed by atoms with Gasteiger partial charge in [0.1, 0.15) is 12.7 Å². The first-order chi connectivity index (χ1) is 13.2. The molecule has 2 atom stereocenters. The SMILES string of the molecule is Cl.O=C(NC(CN1CCOCC1)C(O)c1ccccc1)OCc1ccccc1. The Hall–Kier alpha value is -2.12. The highest BCUT2D eigenvalue weighted by atomic mass is 35.5. The van der Waals surface area contributed by atoms with Crippen molar-refractivity contribution in [2.75, 3.05) is 32.8 Å². The van der Waals surface area contributed by atoms with E-state index >= 15 is 0 Å². The molecule has 0 saturated carbocycles. The van der Waals surface area contributed by atoms with Gasteiger partial charge >= 0.3 is 6.09 Å². The van der Waals surface area contributed by atoms with Gasteiger partial charge in [-0.3, -0.25) is 4.90 Å². The Morgan fingerprint density at radius 2 is 1.68 bits per heavy atom. The van der Waals surface area contributed by atoms with Crippen molar-refractivity contribution in [2.24, 2.45) is 0 Å². The number of aliphatic hydroxyl groups excluding tert-OH is 1. The van der Waals surface area contributed by atoms with Crippen molar-refractivity contribution in [1.29, 1.82) is 0 Å². The maximum atomic E-state index is 12.3. The van der Waals surface area contributed by atoms with E-state index in [2.05, 4.69) is 10.2 Å². The summed E-state index contributed by atoms with van der Waals surface area (Å²) in [6.45, 7) is 3.59. The molecule has 2 aromatic carbocycles. The maximum absolute atomic E-state index is 12.3. The fourth-order valence-corrected chi connectivity index (χ4v) is 3.09. The van der Waals surface area contributed by atoms with Crippen LogP contribution in [0.15, 0.2) is 60.7 Å². The fraction of sp³-hybridized carbons (Fsp3) is 0.381. The van der Waals surface area contributed by atoms with E-state index in [-0.39, 0.29) is 19.0 Å². The number of alkyl carbamates (subject to hydrolysis) is 1. The van der Waals surface area contributed by atoms with E-state index < -0.39 is 18.2 Å². The number of ether oxygens (including phenoxy) is 2. The lowest BCUT2D eigenvalue weighted by Crippen LogP contribution is -2.50. The highest BCUT2D eigenvalue weighted by Gasteiger charge is 2.26. The van der Waals surface area contributed by atoms with Crippen LogP contribution in [-0.2, 0) is 16.1 Å². The molecule has 1 heterocycles. The smallest absolute Gasteiger partial charge is 0.407 e. The van der Waals surface area contributed by atoms with Gasteiger partial charge in [0.05, 0.1) is 19.3 Å². The zero-order chi connectivity index (χ0) is 18.9. The third kappa shape index (κ3) is 6.80. The van der Waals surface area contributed by atoms with E-state index in [0.29, 0.717) is 19.8 Å². The molecule has 2 N–H and O–H groups in total. The lowest BCUT2D eigenvalue weighted by Gasteiger charge is -2.32. The third-order valence-corrected chi connectivity index (χ3v) is 4.60. The van der Waals surface area contributed by atoms with E-state index in [0.717, 1.165) is 24.2 Å². The molecule has 2 aromatic rings. The van der Waals surface area contributed by atoms with Crippen molar-refractivity contribution < 1.29 is 19.4 Å². The van der Waals surface area contributed by atoms with Gasteiger partial charge in [-0.05, 0) is 11.1 Å². The minimum atomic E-state index is -0.821. The molecule has 0 aromatic heterocycles. The molecular formula is C21H27ClN2O4. The van der Waals surface area contributed by atoms with Gasteiger partial charge in [-0.25, -0.2) is 4.79 Å². The number of rotatable bonds is 7. The van der Waals surface area contributed by atoms with Crippen molar-refractivity contribution in [3.05, 3.63) is 71.8 Å². The van der Waals surface area contributed by atoms with Crippen molar-refractivity contribution in [1.82, 2.24) is 10.2 Å². The Bertz CT molecular complexity index is 696.